The maximum Gasteiger partial charge on any atom is 0.255 e. The van der Waals surface area contributed by atoms with Crippen LogP contribution in [0.2, 0.25) is 0 Å². The van der Waals surface area contributed by atoms with Crippen LogP contribution in [-0.4, -0.2) is 30.2 Å². The van der Waals surface area contributed by atoms with E-state index in [1.165, 1.54) is 18.2 Å². The van der Waals surface area contributed by atoms with Gasteiger partial charge >= 0.3 is 0 Å². The molecule has 0 atom stereocenters. The second kappa shape index (κ2) is 5.75. The lowest BCUT2D eigenvalue weighted by Crippen LogP contribution is -2.14. The normalized spacial score (nSPS) is 10.2. The number of aryl methyl sites for hydroxylation is 1. The molecule has 0 radical (unpaired) electrons. The molecule has 0 fully saturated rings. The Labute approximate surface area is 123 Å². The van der Waals surface area contributed by atoms with Gasteiger partial charge in [-0.3, -0.25) is 4.79 Å². The number of nitrogens with zero attached hydrogens (tertiary/aromatic N) is 1. The van der Waals surface area contributed by atoms with Gasteiger partial charge < -0.3 is 20.4 Å². The quantitative estimate of drug-likeness (QED) is 0.811. The molecule has 0 saturated heterocycles. The standard InChI is InChI=1S/C16H18N2O3/c1-10-4-5-12(8-15(10)18(2)3)17-16(21)11-6-13(19)9-14(20)7-11/h4-9,19-20H,1-3H3,(H,17,21). The average molecular weight is 286 g/mol. The molecule has 5 nitrogen and oxygen atoms in total. The molecule has 0 bridgehead atoms. The van der Waals surface area contributed by atoms with Gasteiger partial charge in [0.2, 0.25) is 0 Å². The van der Waals surface area contributed by atoms with E-state index in [9.17, 15) is 15.0 Å². The summed E-state index contributed by atoms with van der Waals surface area (Å²) in [6, 6.07) is 9.38. The first-order chi connectivity index (χ1) is 9.86. The number of hydrogen-bond acceptors (Lipinski definition) is 4. The van der Waals surface area contributed by atoms with Crippen molar-refractivity contribution < 1.29 is 15.0 Å². The van der Waals surface area contributed by atoms with Gasteiger partial charge in [-0.25, -0.2) is 0 Å². The summed E-state index contributed by atoms with van der Waals surface area (Å²) in [5.41, 5.74) is 2.95. The number of anilines is 2. The first kappa shape index (κ1) is 14.7. The molecule has 2 aromatic carbocycles. The fraction of sp³-hybridized carbons (Fsp3) is 0.188. The van der Waals surface area contributed by atoms with Gasteiger partial charge in [0.1, 0.15) is 11.5 Å². The van der Waals surface area contributed by atoms with Crippen molar-refractivity contribution in [1.29, 1.82) is 0 Å². The Kier molecular flexibility index (Phi) is 4.03. The van der Waals surface area contributed by atoms with Crippen LogP contribution in [0.15, 0.2) is 36.4 Å². The zero-order chi connectivity index (χ0) is 15.6. The van der Waals surface area contributed by atoms with Crippen LogP contribution >= 0.6 is 0 Å². The highest BCUT2D eigenvalue weighted by Gasteiger charge is 2.10. The smallest absolute Gasteiger partial charge is 0.255 e. The first-order valence-electron chi connectivity index (χ1n) is 6.49. The summed E-state index contributed by atoms with van der Waals surface area (Å²) >= 11 is 0. The van der Waals surface area contributed by atoms with E-state index in [0.29, 0.717) is 5.69 Å². The summed E-state index contributed by atoms with van der Waals surface area (Å²) in [5, 5.41) is 21.6. The Morgan fingerprint density at radius 1 is 1.05 bits per heavy atom. The van der Waals surface area contributed by atoms with Crippen molar-refractivity contribution in [3.63, 3.8) is 0 Å². The number of carbonyl (C=O) groups excluding carboxylic acids is 1. The predicted octanol–water partition coefficient (Wildman–Crippen LogP) is 2.72. The van der Waals surface area contributed by atoms with Crippen LogP contribution < -0.4 is 10.2 Å². The summed E-state index contributed by atoms with van der Waals surface area (Å²) in [6.07, 6.45) is 0. The number of carbonyl (C=O) groups is 1. The minimum Gasteiger partial charge on any atom is -0.508 e. The minimum absolute atomic E-state index is 0.155. The first-order valence-corrected chi connectivity index (χ1v) is 6.49. The van der Waals surface area contributed by atoms with E-state index in [2.05, 4.69) is 5.32 Å². The topological polar surface area (TPSA) is 72.8 Å². The van der Waals surface area contributed by atoms with E-state index in [4.69, 9.17) is 0 Å². The summed E-state index contributed by atoms with van der Waals surface area (Å²) in [7, 11) is 3.86. The third kappa shape index (κ3) is 3.45. The van der Waals surface area contributed by atoms with E-state index in [0.717, 1.165) is 11.3 Å². The third-order valence-electron chi connectivity index (χ3n) is 3.11. The van der Waals surface area contributed by atoms with E-state index >= 15 is 0 Å². The lowest BCUT2D eigenvalue weighted by molar-refractivity contribution is 0.102. The molecular formula is C16H18N2O3. The Morgan fingerprint density at radius 2 is 1.67 bits per heavy atom. The lowest BCUT2D eigenvalue weighted by atomic mass is 10.1. The molecule has 110 valence electrons. The number of nitrogens with one attached hydrogen (secondary N) is 1. The highest BCUT2D eigenvalue weighted by atomic mass is 16.3. The number of phenols is 2. The zero-order valence-corrected chi connectivity index (χ0v) is 12.2. The predicted molar refractivity (Wildman–Crippen MR) is 83.2 cm³/mol. The molecule has 0 aliphatic carbocycles. The number of hydrogen-bond donors (Lipinski definition) is 3. The maximum atomic E-state index is 12.1. The molecular weight excluding hydrogens is 268 g/mol. The third-order valence-corrected chi connectivity index (χ3v) is 3.11. The molecule has 0 heterocycles. The zero-order valence-electron chi connectivity index (χ0n) is 12.2. The van der Waals surface area contributed by atoms with Gasteiger partial charge in [-0.2, -0.15) is 0 Å². The molecule has 0 aromatic heterocycles. The van der Waals surface area contributed by atoms with Crippen LogP contribution in [0.4, 0.5) is 11.4 Å². The van der Waals surface area contributed by atoms with Gasteiger partial charge in [0, 0.05) is 37.1 Å². The maximum absolute atomic E-state index is 12.1. The Bertz CT molecular complexity index is 661. The fourth-order valence-corrected chi connectivity index (χ4v) is 2.10. The van der Waals surface area contributed by atoms with Crippen molar-refractivity contribution in [2.75, 3.05) is 24.3 Å². The molecule has 1 amide bonds. The molecule has 0 unspecified atom stereocenters. The summed E-state index contributed by atoms with van der Waals surface area (Å²) in [4.78, 5) is 14.1. The van der Waals surface area contributed by atoms with Crippen molar-refractivity contribution in [3.05, 3.63) is 47.5 Å². The van der Waals surface area contributed by atoms with Gasteiger partial charge in [0.25, 0.3) is 5.91 Å². The number of phenolic OH excluding ortho intramolecular Hbond substituents is 2. The minimum atomic E-state index is -0.394. The van der Waals surface area contributed by atoms with E-state index < -0.39 is 5.91 Å². The second-order valence-electron chi connectivity index (χ2n) is 5.09. The molecule has 2 aromatic rings. The van der Waals surface area contributed by atoms with E-state index in [1.807, 2.05) is 44.1 Å². The molecule has 2 rings (SSSR count). The number of amides is 1. The van der Waals surface area contributed by atoms with Crippen molar-refractivity contribution in [2.24, 2.45) is 0 Å². The monoisotopic (exact) mass is 286 g/mol. The van der Waals surface area contributed by atoms with E-state index in [-0.39, 0.29) is 17.1 Å². The largest absolute Gasteiger partial charge is 0.508 e. The van der Waals surface area contributed by atoms with Crippen LogP contribution in [0.5, 0.6) is 11.5 Å². The van der Waals surface area contributed by atoms with Gasteiger partial charge in [0.05, 0.1) is 0 Å². The number of aromatic hydroxyl groups is 2. The van der Waals surface area contributed by atoms with Gasteiger partial charge in [-0.1, -0.05) is 6.07 Å². The molecule has 0 spiro atoms. The van der Waals surface area contributed by atoms with Gasteiger partial charge in [0.15, 0.2) is 0 Å². The van der Waals surface area contributed by atoms with Crippen molar-refractivity contribution in [2.45, 2.75) is 6.92 Å². The van der Waals surface area contributed by atoms with Crippen LogP contribution in [0.25, 0.3) is 0 Å². The van der Waals surface area contributed by atoms with Crippen LogP contribution in [-0.2, 0) is 0 Å². The highest BCUT2D eigenvalue weighted by Crippen LogP contribution is 2.24. The lowest BCUT2D eigenvalue weighted by Gasteiger charge is -2.17. The molecule has 0 aliphatic rings. The Hall–Kier alpha value is -2.69. The molecule has 5 heteroatoms. The van der Waals surface area contributed by atoms with Crippen LogP contribution in [0.1, 0.15) is 15.9 Å². The SMILES string of the molecule is Cc1ccc(NC(=O)c2cc(O)cc(O)c2)cc1N(C)C. The summed E-state index contributed by atoms with van der Waals surface area (Å²) < 4.78 is 0. The van der Waals surface area contributed by atoms with Crippen molar-refractivity contribution in [3.8, 4) is 11.5 Å². The molecule has 0 aliphatic heterocycles. The van der Waals surface area contributed by atoms with Crippen molar-refractivity contribution >= 4 is 17.3 Å². The van der Waals surface area contributed by atoms with Crippen LogP contribution in [0.3, 0.4) is 0 Å². The fourth-order valence-electron chi connectivity index (χ4n) is 2.10. The van der Waals surface area contributed by atoms with Gasteiger partial charge in [-0.15, -0.1) is 0 Å². The molecule has 3 N–H and O–H groups in total. The number of benzene rings is 2. The Morgan fingerprint density at radius 3 is 2.24 bits per heavy atom. The molecule has 21 heavy (non-hydrogen) atoms. The van der Waals surface area contributed by atoms with E-state index in [1.54, 1.807) is 0 Å². The van der Waals surface area contributed by atoms with Crippen molar-refractivity contribution in [1.82, 2.24) is 0 Å². The second-order valence-corrected chi connectivity index (χ2v) is 5.09. The summed E-state index contributed by atoms with van der Waals surface area (Å²) in [5.74, 6) is -0.703. The Balaban J connectivity index is 2.25. The highest BCUT2D eigenvalue weighted by molar-refractivity contribution is 6.05. The molecule has 0 saturated carbocycles. The summed E-state index contributed by atoms with van der Waals surface area (Å²) in [6.45, 7) is 1.99. The van der Waals surface area contributed by atoms with Gasteiger partial charge in [-0.05, 0) is 36.8 Å². The average Bonchev–Trinajstić information content (AvgIpc) is 2.39. The van der Waals surface area contributed by atoms with Crippen LogP contribution in [0, 0.1) is 6.92 Å². The number of rotatable bonds is 3.